The number of nitrogens with one attached hydrogen (secondary N) is 1. The number of terminal acetylenes is 1. The van der Waals surface area contributed by atoms with Gasteiger partial charge in [-0.2, -0.15) is 0 Å². The Balaban J connectivity index is 3.47. The topological polar surface area (TPSA) is 30.5 Å². The van der Waals surface area contributed by atoms with Crippen LogP contribution in [-0.2, 0) is 9.47 Å². The first kappa shape index (κ1) is 15.4. The Morgan fingerprint density at radius 3 is 2.69 bits per heavy atom. The van der Waals surface area contributed by atoms with Crippen molar-refractivity contribution in [2.24, 2.45) is 0 Å². The minimum Gasteiger partial charge on any atom is -0.382 e. The Labute approximate surface area is 99.9 Å². The van der Waals surface area contributed by atoms with Gasteiger partial charge in [0.1, 0.15) is 0 Å². The zero-order valence-electron chi connectivity index (χ0n) is 10.6. The van der Waals surface area contributed by atoms with Gasteiger partial charge in [-0.3, -0.25) is 0 Å². The van der Waals surface area contributed by atoms with Crippen LogP contribution in [0.1, 0.15) is 32.6 Å². The Morgan fingerprint density at radius 2 is 2.06 bits per heavy atom. The summed E-state index contributed by atoms with van der Waals surface area (Å²) in [5.74, 6) is 2.67. The summed E-state index contributed by atoms with van der Waals surface area (Å²) in [4.78, 5) is 0. The maximum atomic E-state index is 5.45. The van der Waals surface area contributed by atoms with Crippen LogP contribution in [0.4, 0.5) is 0 Å². The van der Waals surface area contributed by atoms with Gasteiger partial charge in [0.2, 0.25) is 0 Å². The van der Waals surface area contributed by atoms with Crippen LogP contribution in [0.25, 0.3) is 0 Å². The third kappa shape index (κ3) is 9.97. The Bertz CT molecular complexity index is 177. The van der Waals surface area contributed by atoms with E-state index >= 15 is 0 Å². The Hall–Kier alpha value is -0.560. The predicted molar refractivity (Wildman–Crippen MR) is 67.5 cm³/mol. The van der Waals surface area contributed by atoms with Gasteiger partial charge in [-0.1, -0.05) is 6.92 Å². The molecule has 0 aromatic rings. The van der Waals surface area contributed by atoms with Crippen molar-refractivity contribution in [1.82, 2.24) is 5.32 Å². The molecule has 0 aliphatic heterocycles. The van der Waals surface area contributed by atoms with E-state index in [0.717, 1.165) is 38.8 Å². The normalized spacial score (nSPS) is 12.3. The lowest BCUT2D eigenvalue weighted by Crippen LogP contribution is -2.30. The molecule has 1 unspecified atom stereocenters. The molecule has 0 aliphatic carbocycles. The molecule has 0 aromatic carbocycles. The van der Waals surface area contributed by atoms with E-state index in [-0.39, 0.29) is 0 Å². The average Bonchev–Trinajstić information content (AvgIpc) is 2.29. The summed E-state index contributed by atoms with van der Waals surface area (Å²) in [6, 6.07) is 0.529. The van der Waals surface area contributed by atoms with Crippen LogP contribution in [0.3, 0.4) is 0 Å². The van der Waals surface area contributed by atoms with Crippen molar-refractivity contribution < 1.29 is 9.47 Å². The maximum absolute atomic E-state index is 5.45. The largest absolute Gasteiger partial charge is 0.382 e. The van der Waals surface area contributed by atoms with Crippen LogP contribution in [0.2, 0.25) is 0 Å². The summed E-state index contributed by atoms with van der Waals surface area (Å²) in [5.41, 5.74) is 0. The van der Waals surface area contributed by atoms with Crippen molar-refractivity contribution in [2.45, 2.75) is 38.6 Å². The van der Waals surface area contributed by atoms with E-state index in [1.165, 1.54) is 0 Å². The highest BCUT2D eigenvalue weighted by atomic mass is 16.5. The van der Waals surface area contributed by atoms with E-state index in [1.807, 2.05) is 0 Å². The molecule has 3 heteroatoms. The molecule has 1 atom stereocenters. The minimum atomic E-state index is 0.529. The van der Waals surface area contributed by atoms with Crippen molar-refractivity contribution in [3.63, 3.8) is 0 Å². The number of unbranched alkanes of at least 4 members (excludes halogenated alkanes) is 1. The summed E-state index contributed by atoms with van der Waals surface area (Å²) >= 11 is 0. The van der Waals surface area contributed by atoms with Gasteiger partial charge in [-0.05, 0) is 25.8 Å². The fourth-order valence-electron chi connectivity index (χ4n) is 1.56. The minimum absolute atomic E-state index is 0.529. The molecule has 1 N–H and O–H groups in total. The predicted octanol–water partition coefficient (Wildman–Crippen LogP) is 1.82. The molecule has 0 rings (SSSR count). The molecule has 0 spiro atoms. The van der Waals surface area contributed by atoms with Gasteiger partial charge in [-0.25, -0.2) is 0 Å². The molecule has 3 nitrogen and oxygen atoms in total. The molecule has 0 radical (unpaired) electrons. The molecule has 0 bridgehead atoms. The number of rotatable bonds is 11. The SMILES string of the molecule is C#CCCCC(CCOCCOC)NCC. The van der Waals surface area contributed by atoms with Crippen LogP contribution in [0.15, 0.2) is 0 Å². The first-order valence-corrected chi connectivity index (χ1v) is 6.08. The lowest BCUT2D eigenvalue weighted by Gasteiger charge is -2.17. The molecular weight excluding hydrogens is 202 g/mol. The van der Waals surface area contributed by atoms with Gasteiger partial charge in [0.05, 0.1) is 13.2 Å². The second-order valence-corrected chi connectivity index (χ2v) is 3.74. The highest BCUT2D eigenvalue weighted by molar-refractivity contribution is 4.83. The Kier molecular flexibility index (Phi) is 12.1. The van der Waals surface area contributed by atoms with Gasteiger partial charge in [0, 0.05) is 26.2 Å². The summed E-state index contributed by atoms with van der Waals surface area (Å²) < 4.78 is 10.4. The van der Waals surface area contributed by atoms with Gasteiger partial charge in [0.25, 0.3) is 0 Å². The molecule has 0 aliphatic rings. The van der Waals surface area contributed by atoms with E-state index < -0.39 is 0 Å². The summed E-state index contributed by atoms with van der Waals surface area (Å²) in [6.45, 7) is 5.26. The van der Waals surface area contributed by atoms with E-state index in [4.69, 9.17) is 15.9 Å². The maximum Gasteiger partial charge on any atom is 0.0700 e. The molecule has 94 valence electrons. The quantitative estimate of drug-likeness (QED) is 0.431. The standard InChI is InChI=1S/C13H25NO2/c1-4-6-7-8-13(14-5-2)9-10-16-12-11-15-3/h1,13-14H,5-12H2,2-3H3. The molecule has 0 aromatic heterocycles. The van der Waals surface area contributed by atoms with Gasteiger partial charge < -0.3 is 14.8 Å². The number of hydrogen-bond acceptors (Lipinski definition) is 3. The summed E-state index contributed by atoms with van der Waals surface area (Å²) in [6.07, 6.45) is 9.37. The van der Waals surface area contributed by atoms with Crippen molar-refractivity contribution >= 4 is 0 Å². The van der Waals surface area contributed by atoms with E-state index in [2.05, 4.69) is 18.2 Å². The van der Waals surface area contributed by atoms with Crippen molar-refractivity contribution in [3.8, 4) is 12.3 Å². The smallest absolute Gasteiger partial charge is 0.0700 e. The van der Waals surface area contributed by atoms with E-state index in [0.29, 0.717) is 19.3 Å². The fourth-order valence-corrected chi connectivity index (χ4v) is 1.56. The summed E-state index contributed by atoms with van der Waals surface area (Å²) in [5, 5.41) is 3.45. The lowest BCUT2D eigenvalue weighted by molar-refractivity contribution is 0.0654. The molecule has 16 heavy (non-hydrogen) atoms. The molecule has 0 saturated carbocycles. The van der Waals surface area contributed by atoms with E-state index in [9.17, 15) is 0 Å². The van der Waals surface area contributed by atoms with Gasteiger partial charge >= 0.3 is 0 Å². The third-order valence-corrected chi connectivity index (χ3v) is 2.41. The first-order valence-electron chi connectivity index (χ1n) is 6.08. The van der Waals surface area contributed by atoms with E-state index in [1.54, 1.807) is 7.11 Å². The molecule has 0 fully saturated rings. The van der Waals surface area contributed by atoms with Crippen molar-refractivity contribution in [1.29, 1.82) is 0 Å². The second-order valence-electron chi connectivity index (χ2n) is 3.74. The molecule has 0 heterocycles. The zero-order valence-corrected chi connectivity index (χ0v) is 10.6. The van der Waals surface area contributed by atoms with Crippen LogP contribution < -0.4 is 5.32 Å². The van der Waals surface area contributed by atoms with Gasteiger partial charge in [-0.15, -0.1) is 12.3 Å². The summed E-state index contributed by atoms with van der Waals surface area (Å²) in [7, 11) is 1.69. The molecule has 0 saturated heterocycles. The average molecular weight is 227 g/mol. The molecular formula is C13H25NO2. The van der Waals surface area contributed by atoms with Crippen molar-refractivity contribution in [3.05, 3.63) is 0 Å². The Morgan fingerprint density at radius 1 is 1.25 bits per heavy atom. The second kappa shape index (κ2) is 12.5. The lowest BCUT2D eigenvalue weighted by atomic mass is 10.1. The van der Waals surface area contributed by atoms with Gasteiger partial charge in [0.15, 0.2) is 0 Å². The number of ether oxygens (including phenoxy) is 2. The highest BCUT2D eigenvalue weighted by Gasteiger charge is 2.06. The molecule has 0 amide bonds. The van der Waals surface area contributed by atoms with Crippen molar-refractivity contribution in [2.75, 3.05) is 33.5 Å². The number of hydrogen-bond donors (Lipinski definition) is 1. The highest BCUT2D eigenvalue weighted by Crippen LogP contribution is 2.04. The van der Waals surface area contributed by atoms with Crippen LogP contribution >= 0.6 is 0 Å². The van der Waals surface area contributed by atoms with Crippen LogP contribution in [0.5, 0.6) is 0 Å². The first-order chi connectivity index (χ1) is 7.85. The number of methoxy groups -OCH3 is 1. The third-order valence-electron chi connectivity index (χ3n) is 2.41. The monoisotopic (exact) mass is 227 g/mol. The van der Waals surface area contributed by atoms with Crippen LogP contribution in [-0.4, -0.2) is 39.5 Å². The van der Waals surface area contributed by atoms with Crippen LogP contribution in [0, 0.1) is 12.3 Å². The zero-order chi connectivity index (χ0) is 12.1. The fraction of sp³-hybridized carbons (Fsp3) is 0.846.